The third-order valence-corrected chi connectivity index (χ3v) is 6.81. The summed E-state index contributed by atoms with van der Waals surface area (Å²) in [6.45, 7) is 5.93. The largest absolute Gasteiger partial charge is 0.511 e. The lowest BCUT2D eigenvalue weighted by molar-refractivity contribution is -0.138. The number of hydrogen-bond donors (Lipinski definition) is 2. The number of carbonyl (C=O) groups is 1. The zero-order valence-electron chi connectivity index (χ0n) is 21.1. The van der Waals surface area contributed by atoms with E-state index in [9.17, 15) is 18.9 Å². The van der Waals surface area contributed by atoms with Crippen LogP contribution >= 0.6 is 8.03 Å². The highest BCUT2D eigenvalue weighted by Gasteiger charge is 2.25. The molecule has 1 heterocycles. The van der Waals surface area contributed by atoms with Gasteiger partial charge in [0.15, 0.2) is 6.61 Å². The molecule has 0 bridgehead atoms. The summed E-state index contributed by atoms with van der Waals surface area (Å²) < 4.78 is 31.1. The summed E-state index contributed by atoms with van der Waals surface area (Å²) in [7, 11) is -2.27. The van der Waals surface area contributed by atoms with E-state index in [1.807, 2.05) is 51.1 Å². The van der Waals surface area contributed by atoms with E-state index >= 15 is 0 Å². The van der Waals surface area contributed by atoms with E-state index < -0.39 is 26.5 Å². The average molecular weight is 523 g/mol. The summed E-state index contributed by atoms with van der Waals surface area (Å²) in [5.74, 6) is 4.58. The minimum atomic E-state index is -2.27. The summed E-state index contributed by atoms with van der Waals surface area (Å²) in [4.78, 5) is 15.7. The van der Waals surface area contributed by atoms with Gasteiger partial charge in [-0.2, -0.15) is 0 Å². The van der Waals surface area contributed by atoms with Crippen LogP contribution in [0.15, 0.2) is 54.6 Å². The van der Waals surface area contributed by atoms with Crippen molar-refractivity contribution in [3.05, 3.63) is 77.2 Å². The monoisotopic (exact) mass is 522 g/mol. The van der Waals surface area contributed by atoms with Gasteiger partial charge in [-0.15, -0.1) is 4.52 Å². The lowest BCUT2D eigenvalue weighted by Gasteiger charge is -2.21. The Morgan fingerprint density at radius 2 is 1.78 bits per heavy atom. The van der Waals surface area contributed by atoms with Crippen LogP contribution in [0.25, 0.3) is 22.4 Å². The van der Waals surface area contributed by atoms with Gasteiger partial charge < -0.3 is 10.2 Å². The molecule has 2 N–H and O–H groups in total. The van der Waals surface area contributed by atoms with E-state index in [1.165, 1.54) is 12.1 Å². The maximum atomic E-state index is 13.8. The Labute approximate surface area is 217 Å². The maximum absolute atomic E-state index is 13.8. The first-order valence-electron chi connectivity index (χ1n) is 12.1. The molecule has 192 valence electrons. The van der Waals surface area contributed by atoms with Crippen LogP contribution in [0.5, 0.6) is 0 Å². The zero-order chi connectivity index (χ0) is 26.9. The topological polar surface area (TPSA) is 96.7 Å². The van der Waals surface area contributed by atoms with Crippen molar-refractivity contribution in [1.82, 2.24) is 4.98 Å². The second-order valence-electron chi connectivity index (χ2n) is 8.80. The molecule has 0 aliphatic carbocycles. The third kappa shape index (κ3) is 7.53. The SMILES string of the molecule is CCc1c(-c2ccccc2)nc(C(C)C)c(C#CCO[P+](=O)C[C@@H](O)CC(=O)O)c1-c1ccc(F)cc1. The van der Waals surface area contributed by atoms with Gasteiger partial charge in [0.05, 0.1) is 23.4 Å². The molecule has 0 aliphatic heterocycles. The number of halogens is 1. The first-order valence-corrected chi connectivity index (χ1v) is 13.4. The van der Waals surface area contributed by atoms with Gasteiger partial charge in [-0.3, -0.25) is 9.78 Å². The Hall–Kier alpha value is -3.43. The summed E-state index contributed by atoms with van der Waals surface area (Å²) in [6.07, 6.45) is -1.38. The van der Waals surface area contributed by atoms with Crippen molar-refractivity contribution in [2.24, 2.45) is 0 Å². The van der Waals surface area contributed by atoms with Gasteiger partial charge in [-0.25, -0.2) is 4.39 Å². The van der Waals surface area contributed by atoms with Crippen LogP contribution in [-0.4, -0.2) is 40.0 Å². The lowest BCUT2D eigenvalue weighted by atomic mass is 9.87. The molecule has 3 rings (SSSR count). The predicted octanol–water partition coefficient (Wildman–Crippen LogP) is 6.19. The molecule has 0 spiro atoms. The Bertz CT molecular complexity index is 1310. The fourth-order valence-corrected chi connectivity index (χ4v) is 4.81. The number of rotatable bonds is 10. The van der Waals surface area contributed by atoms with E-state index in [1.54, 1.807) is 12.1 Å². The molecule has 0 amide bonds. The third-order valence-electron chi connectivity index (χ3n) is 5.67. The van der Waals surface area contributed by atoms with Gasteiger partial charge in [-0.1, -0.05) is 75.1 Å². The Balaban J connectivity index is 2.07. The molecular weight excluding hydrogens is 492 g/mol. The summed E-state index contributed by atoms with van der Waals surface area (Å²) in [5.41, 5.74) is 5.97. The van der Waals surface area contributed by atoms with Crippen molar-refractivity contribution >= 4 is 14.0 Å². The van der Waals surface area contributed by atoms with Gasteiger partial charge in [0, 0.05) is 11.1 Å². The molecule has 0 saturated heterocycles. The predicted molar refractivity (Wildman–Crippen MR) is 142 cm³/mol. The van der Waals surface area contributed by atoms with Crippen molar-refractivity contribution in [2.75, 3.05) is 12.8 Å². The number of aliphatic hydroxyl groups excluding tert-OH is 1. The van der Waals surface area contributed by atoms with Crippen LogP contribution < -0.4 is 0 Å². The number of carboxylic acids is 1. The molecule has 1 unspecified atom stereocenters. The number of carboxylic acid groups (broad SMARTS) is 1. The summed E-state index contributed by atoms with van der Waals surface area (Å²) >= 11 is 0. The molecule has 0 saturated carbocycles. The fraction of sp³-hybridized carbons (Fsp3) is 0.310. The fourth-order valence-electron chi connectivity index (χ4n) is 4.02. The molecule has 2 aromatic carbocycles. The second-order valence-corrected chi connectivity index (χ2v) is 10.1. The van der Waals surface area contributed by atoms with E-state index in [-0.39, 0.29) is 24.5 Å². The smallest absolute Gasteiger partial charge is 0.481 e. The van der Waals surface area contributed by atoms with Crippen molar-refractivity contribution in [1.29, 1.82) is 0 Å². The van der Waals surface area contributed by atoms with Gasteiger partial charge in [-0.05, 0) is 40.2 Å². The summed E-state index contributed by atoms with van der Waals surface area (Å²) in [6, 6.07) is 16.2. The lowest BCUT2D eigenvalue weighted by Crippen LogP contribution is -2.15. The van der Waals surface area contributed by atoms with E-state index in [2.05, 4.69) is 11.8 Å². The van der Waals surface area contributed by atoms with Crippen LogP contribution in [0.4, 0.5) is 4.39 Å². The van der Waals surface area contributed by atoms with Crippen molar-refractivity contribution in [3.63, 3.8) is 0 Å². The van der Waals surface area contributed by atoms with E-state index in [4.69, 9.17) is 14.6 Å². The van der Waals surface area contributed by atoms with Crippen molar-refractivity contribution in [2.45, 2.75) is 45.6 Å². The van der Waals surface area contributed by atoms with E-state index in [0.29, 0.717) is 12.0 Å². The highest BCUT2D eigenvalue weighted by atomic mass is 31.1. The average Bonchev–Trinajstić information content (AvgIpc) is 2.86. The molecule has 0 radical (unpaired) electrons. The molecule has 37 heavy (non-hydrogen) atoms. The molecule has 2 atom stereocenters. The molecule has 6 nitrogen and oxygen atoms in total. The zero-order valence-corrected chi connectivity index (χ0v) is 22.0. The molecule has 1 aromatic heterocycles. The quantitative estimate of drug-likeness (QED) is 0.244. The van der Waals surface area contributed by atoms with Crippen LogP contribution in [0.1, 0.15) is 49.9 Å². The van der Waals surface area contributed by atoms with Crippen LogP contribution in [-0.2, 0) is 20.3 Å². The first kappa shape index (κ1) is 28.1. The molecule has 0 fully saturated rings. The number of nitrogens with zero attached hydrogens (tertiary/aromatic N) is 1. The minimum absolute atomic E-state index is 0.0283. The van der Waals surface area contributed by atoms with Crippen LogP contribution in [0.3, 0.4) is 0 Å². The standard InChI is InChI=1S/C29H29FNO5P/c1-4-24-27(20-12-14-22(30)15-13-20)25(11-8-16-36-37(35)18-23(32)17-26(33)34)28(19(2)3)31-29(24)21-9-6-5-7-10-21/h5-7,9-10,12-15,19,23,32H,4,16-18H2,1-3H3/p+1/t23-/m0/s1. The first-order chi connectivity index (χ1) is 17.7. The minimum Gasteiger partial charge on any atom is -0.481 e. The van der Waals surface area contributed by atoms with Gasteiger partial charge in [0.25, 0.3) is 0 Å². The number of aromatic nitrogens is 1. The number of aliphatic hydroxyl groups is 1. The van der Waals surface area contributed by atoms with Crippen molar-refractivity contribution < 1.29 is 28.5 Å². The second kappa shape index (κ2) is 13.2. The van der Waals surface area contributed by atoms with Crippen LogP contribution in [0.2, 0.25) is 0 Å². The van der Waals surface area contributed by atoms with E-state index in [0.717, 1.165) is 33.6 Å². The molecule has 0 aliphatic rings. The highest BCUT2D eigenvalue weighted by Crippen LogP contribution is 2.38. The Kier molecular flexibility index (Phi) is 10.0. The number of benzene rings is 2. The maximum Gasteiger partial charge on any atom is 0.511 e. The number of aliphatic carboxylic acids is 1. The highest BCUT2D eigenvalue weighted by molar-refractivity contribution is 7.39. The molecule has 8 heteroatoms. The van der Waals surface area contributed by atoms with Crippen LogP contribution in [0, 0.1) is 17.7 Å². The Morgan fingerprint density at radius 3 is 2.38 bits per heavy atom. The summed E-state index contributed by atoms with van der Waals surface area (Å²) in [5, 5.41) is 18.4. The number of hydrogen-bond acceptors (Lipinski definition) is 5. The number of pyridine rings is 1. The van der Waals surface area contributed by atoms with Gasteiger partial charge in [0.2, 0.25) is 6.16 Å². The van der Waals surface area contributed by atoms with Crippen molar-refractivity contribution in [3.8, 4) is 34.2 Å². The molecular formula is C29H30FNO5P+. The molecule has 3 aromatic rings. The van der Waals surface area contributed by atoms with Gasteiger partial charge in [0.1, 0.15) is 11.9 Å². The normalized spacial score (nSPS) is 12.1. The van der Waals surface area contributed by atoms with Gasteiger partial charge >= 0.3 is 14.0 Å². The Morgan fingerprint density at radius 1 is 1.11 bits per heavy atom.